The van der Waals surface area contributed by atoms with Gasteiger partial charge in [-0.3, -0.25) is 19.3 Å². The predicted molar refractivity (Wildman–Crippen MR) is 240 cm³/mol. The SMILES string of the molecule is CCC1C(=O)OCc2c1cc1n(c2=O)Cc2c-1nc1cc(F)c(C)c3c1c2C(NC(=O)OCC(=O)N1CC2[C@H]1CN2Cc1ccc(-n2c(-c4cc(C(C)C)c(O)cc4O)n[nH]c2=O)cc1)CC3. The van der Waals surface area contributed by atoms with Crippen LogP contribution in [0, 0.1) is 12.7 Å². The van der Waals surface area contributed by atoms with Crippen molar-refractivity contribution in [2.45, 2.75) is 96.6 Å². The number of carbonyl (C=O) groups excluding carboxylic acids is 3. The number of likely N-dealkylation sites (tertiary alicyclic amines) is 2. The number of pyridine rings is 2. The maximum Gasteiger partial charge on any atom is 0.408 e. The second kappa shape index (κ2) is 15.6. The highest BCUT2D eigenvalue weighted by Gasteiger charge is 2.53. The summed E-state index contributed by atoms with van der Waals surface area (Å²) in [6.07, 6.45) is 0.569. The Balaban J connectivity index is 0.744. The first-order valence-electron chi connectivity index (χ1n) is 22.6. The van der Waals surface area contributed by atoms with Crippen LogP contribution in [0.4, 0.5) is 9.18 Å². The third-order valence-electron chi connectivity index (χ3n) is 14.5. The summed E-state index contributed by atoms with van der Waals surface area (Å²) in [4.78, 5) is 75.3. The summed E-state index contributed by atoms with van der Waals surface area (Å²) < 4.78 is 29.3. The molecule has 0 spiro atoms. The molecule has 344 valence electrons. The van der Waals surface area contributed by atoms with E-state index in [0.29, 0.717) is 89.3 Å². The van der Waals surface area contributed by atoms with Crippen molar-refractivity contribution in [3.63, 3.8) is 0 Å². The van der Waals surface area contributed by atoms with E-state index in [1.165, 1.54) is 16.7 Å². The van der Waals surface area contributed by atoms with Crippen LogP contribution in [0.15, 0.2) is 58.1 Å². The molecule has 3 unspecified atom stereocenters. The number of cyclic esters (lactones) is 1. The number of ether oxygens (including phenoxy) is 2. The molecular weight excluding hydrogens is 864 g/mol. The molecule has 2 amide bonds. The summed E-state index contributed by atoms with van der Waals surface area (Å²) >= 11 is 0. The van der Waals surface area contributed by atoms with Crippen molar-refractivity contribution < 1.29 is 38.5 Å². The molecule has 3 aromatic carbocycles. The topological polar surface area (TPSA) is 214 Å². The summed E-state index contributed by atoms with van der Waals surface area (Å²) in [7, 11) is 0. The third-order valence-corrected chi connectivity index (χ3v) is 14.5. The smallest absolute Gasteiger partial charge is 0.408 e. The number of hydrogen-bond donors (Lipinski definition) is 4. The van der Waals surface area contributed by atoms with E-state index in [9.17, 15) is 34.2 Å². The molecule has 0 saturated carbocycles. The Morgan fingerprint density at radius 3 is 2.54 bits per heavy atom. The minimum Gasteiger partial charge on any atom is -0.508 e. The van der Waals surface area contributed by atoms with Crippen LogP contribution in [0.1, 0.15) is 96.0 Å². The summed E-state index contributed by atoms with van der Waals surface area (Å²) in [6, 6.07) is 13.1. The van der Waals surface area contributed by atoms with E-state index in [-0.39, 0.29) is 65.9 Å². The first-order chi connectivity index (χ1) is 32.2. The maximum atomic E-state index is 15.4. The van der Waals surface area contributed by atoms with Gasteiger partial charge in [0.25, 0.3) is 11.5 Å². The number of halogens is 1. The van der Waals surface area contributed by atoms with Crippen molar-refractivity contribution in [2.75, 3.05) is 19.7 Å². The Hall–Kier alpha value is -7.34. The zero-order valence-corrected chi connectivity index (χ0v) is 37.2. The molecule has 11 rings (SSSR count). The fourth-order valence-electron chi connectivity index (χ4n) is 10.9. The van der Waals surface area contributed by atoms with Gasteiger partial charge in [-0.15, -0.1) is 0 Å². The minimum absolute atomic E-state index is 0.0154. The van der Waals surface area contributed by atoms with Crippen LogP contribution < -0.4 is 16.6 Å². The largest absolute Gasteiger partial charge is 0.508 e. The van der Waals surface area contributed by atoms with Crippen molar-refractivity contribution in [1.82, 2.24) is 39.4 Å². The number of aromatic nitrogens is 5. The van der Waals surface area contributed by atoms with E-state index < -0.39 is 36.2 Å². The number of rotatable bonds is 9. The van der Waals surface area contributed by atoms with Crippen LogP contribution >= 0.6 is 0 Å². The maximum absolute atomic E-state index is 15.4. The highest BCUT2D eigenvalue weighted by molar-refractivity contribution is 5.94. The molecule has 67 heavy (non-hydrogen) atoms. The van der Waals surface area contributed by atoms with E-state index in [1.54, 1.807) is 34.6 Å². The van der Waals surface area contributed by atoms with Gasteiger partial charge in [0.15, 0.2) is 12.4 Å². The number of aromatic amines is 1. The van der Waals surface area contributed by atoms with Gasteiger partial charge in [-0.25, -0.2) is 28.6 Å². The van der Waals surface area contributed by atoms with Crippen LogP contribution in [0.2, 0.25) is 0 Å². The monoisotopic (exact) mass is 910 g/mol. The number of esters is 1. The lowest BCUT2D eigenvalue weighted by Gasteiger charge is -2.61. The summed E-state index contributed by atoms with van der Waals surface area (Å²) in [5.74, 6) is -1.75. The van der Waals surface area contributed by atoms with E-state index in [0.717, 1.165) is 27.6 Å². The zero-order valence-electron chi connectivity index (χ0n) is 37.2. The van der Waals surface area contributed by atoms with Gasteiger partial charge in [0, 0.05) is 48.8 Å². The number of carbonyl (C=O) groups is 3. The van der Waals surface area contributed by atoms with Gasteiger partial charge in [0.05, 0.1) is 58.3 Å². The number of alkyl carbamates (subject to hydrolysis) is 1. The molecule has 0 bridgehead atoms. The molecule has 1 aliphatic carbocycles. The van der Waals surface area contributed by atoms with Gasteiger partial charge in [0.1, 0.15) is 23.9 Å². The van der Waals surface area contributed by atoms with Gasteiger partial charge in [-0.2, -0.15) is 5.10 Å². The Morgan fingerprint density at radius 1 is 1.01 bits per heavy atom. The normalized spacial score (nSPS) is 20.1. The van der Waals surface area contributed by atoms with Gasteiger partial charge in [-0.05, 0) is 89.8 Å². The fraction of sp³-hybridized carbons (Fsp3) is 0.367. The first kappa shape index (κ1) is 42.3. The van der Waals surface area contributed by atoms with E-state index >= 15 is 4.39 Å². The first-order valence-corrected chi connectivity index (χ1v) is 22.6. The average Bonchev–Trinajstić information content (AvgIpc) is 3.86. The van der Waals surface area contributed by atoms with Crippen LogP contribution in [0.5, 0.6) is 11.5 Å². The van der Waals surface area contributed by atoms with Gasteiger partial charge >= 0.3 is 17.8 Å². The molecule has 4 N–H and O–H groups in total. The Labute approximate surface area is 381 Å². The van der Waals surface area contributed by atoms with E-state index in [2.05, 4.69) is 20.4 Å². The predicted octanol–water partition coefficient (Wildman–Crippen LogP) is 5.31. The van der Waals surface area contributed by atoms with Crippen LogP contribution in [0.25, 0.3) is 39.4 Å². The molecule has 3 aromatic heterocycles. The highest BCUT2D eigenvalue weighted by Crippen LogP contribution is 2.46. The molecule has 6 aromatic rings. The Kier molecular flexibility index (Phi) is 9.88. The molecule has 4 aliphatic heterocycles. The van der Waals surface area contributed by atoms with Crippen molar-refractivity contribution in [3.05, 3.63) is 120 Å². The average molecular weight is 911 g/mol. The molecule has 2 fully saturated rings. The molecule has 5 aliphatic rings. The van der Waals surface area contributed by atoms with Crippen molar-refractivity contribution >= 4 is 28.9 Å². The van der Waals surface area contributed by atoms with Gasteiger partial charge in [0.2, 0.25) is 0 Å². The highest BCUT2D eigenvalue weighted by atomic mass is 19.1. The number of benzene rings is 3. The van der Waals surface area contributed by atoms with Crippen LogP contribution in [-0.4, -0.2) is 94.1 Å². The molecular formula is C49H47FN8O9. The molecule has 17 nitrogen and oxygen atoms in total. The number of hydrogen-bond acceptors (Lipinski definition) is 12. The molecule has 18 heteroatoms. The van der Waals surface area contributed by atoms with Gasteiger partial charge < -0.3 is 34.5 Å². The number of phenols is 2. The number of aromatic hydroxyl groups is 2. The zero-order chi connectivity index (χ0) is 46.7. The molecule has 7 heterocycles. The molecule has 4 atom stereocenters. The van der Waals surface area contributed by atoms with Crippen LogP contribution in [-0.2, 0) is 45.2 Å². The van der Waals surface area contributed by atoms with Crippen molar-refractivity contribution in [3.8, 4) is 40.0 Å². The standard InChI is InChI=1S/C49H47FN8O9/c1-5-26-29-13-36-44-31(17-57(36)46(62)32(29)20-66-47(26)63)43-34(11-10-27-23(4)33(50)14-35(51-44)42(27)43)52-49(65)67-21-41(61)56-19-37-38(56)18-55(37)16-24-6-8-25(9-7-24)58-45(53-54-48(58)64)30-12-28(22(2)3)39(59)15-40(30)60/h6-9,12-15,22,26,34,37-38,59-60H,5,10-11,16-21H2,1-4H3,(H,52,65)(H,54,64)/t26?,34?,37?,38-/m1/s1. The number of nitrogens with one attached hydrogen (secondary N) is 2. The lowest BCUT2D eigenvalue weighted by Crippen LogP contribution is -2.79. The number of nitrogens with zero attached hydrogens (tertiary/aromatic N) is 6. The number of H-pyrrole nitrogens is 1. The fourth-order valence-corrected chi connectivity index (χ4v) is 10.9. The summed E-state index contributed by atoms with van der Waals surface area (Å²) in [5.41, 5.74) is 6.91. The van der Waals surface area contributed by atoms with Crippen molar-refractivity contribution in [1.29, 1.82) is 0 Å². The number of piperazine rings is 1. The summed E-state index contributed by atoms with van der Waals surface area (Å²) in [6.45, 7) is 8.75. The van der Waals surface area contributed by atoms with Crippen molar-refractivity contribution in [2.24, 2.45) is 0 Å². The number of aryl methyl sites for hydroxylation is 1. The summed E-state index contributed by atoms with van der Waals surface area (Å²) in [5, 5.41) is 31.4. The Morgan fingerprint density at radius 2 is 1.81 bits per heavy atom. The quantitative estimate of drug-likeness (QED) is 0.136. The lowest BCUT2D eigenvalue weighted by atomic mass is 9.81. The van der Waals surface area contributed by atoms with E-state index in [4.69, 9.17) is 14.5 Å². The number of phenolic OH excluding ortho intramolecular Hbond substituents is 2. The molecule has 2 saturated heterocycles. The Bertz CT molecular complexity index is 3250. The second-order valence-corrected chi connectivity index (χ2v) is 18.5. The van der Waals surface area contributed by atoms with Crippen LogP contribution in [0.3, 0.4) is 0 Å². The van der Waals surface area contributed by atoms with Gasteiger partial charge in [-0.1, -0.05) is 32.9 Å². The lowest BCUT2D eigenvalue weighted by molar-refractivity contribution is -0.169. The number of fused-ring (bicyclic) bond motifs is 6. The minimum atomic E-state index is -0.773. The third kappa shape index (κ3) is 6.62. The number of amides is 2. The molecule has 0 radical (unpaired) electrons. The second-order valence-electron chi connectivity index (χ2n) is 18.5. The van der Waals surface area contributed by atoms with E-state index in [1.807, 2.05) is 39.0 Å².